The molecule has 0 saturated heterocycles. The topological polar surface area (TPSA) is 72.2 Å². The van der Waals surface area contributed by atoms with Crippen LogP contribution >= 0.6 is 0 Å². The Morgan fingerprint density at radius 2 is 2.00 bits per heavy atom. The number of carboxylic acid groups (broad SMARTS) is 1. The van der Waals surface area contributed by atoms with Crippen molar-refractivity contribution in [1.82, 2.24) is 9.78 Å². The van der Waals surface area contributed by atoms with Crippen LogP contribution in [0.3, 0.4) is 0 Å². The maximum Gasteiger partial charge on any atom is 0.328 e. The summed E-state index contributed by atoms with van der Waals surface area (Å²) in [6.45, 7) is 0. The number of rotatable bonds is 2. The monoisotopic (exact) mass is 230 g/mol. The zero-order valence-electron chi connectivity index (χ0n) is 9.12. The molecule has 0 aliphatic rings. The van der Waals surface area contributed by atoms with E-state index in [0.29, 0.717) is 16.5 Å². The summed E-state index contributed by atoms with van der Waals surface area (Å²) in [5, 5.41) is 13.8. The van der Waals surface area contributed by atoms with Gasteiger partial charge in [-0.3, -0.25) is 4.79 Å². The molecule has 2 aromatic rings. The lowest BCUT2D eigenvalue weighted by atomic mass is 10.1. The Labute approximate surface area is 96.6 Å². The second kappa shape index (κ2) is 4.21. The average molecular weight is 230 g/mol. The highest BCUT2D eigenvalue weighted by molar-refractivity contribution is 5.92. The lowest BCUT2D eigenvalue weighted by Gasteiger charge is -2.03. The van der Waals surface area contributed by atoms with Crippen molar-refractivity contribution < 1.29 is 9.90 Å². The van der Waals surface area contributed by atoms with Crippen molar-refractivity contribution in [2.75, 3.05) is 0 Å². The molecule has 0 saturated carbocycles. The van der Waals surface area contributed by atoms with Gasteiger partial charge in [-0.1, -0.05) is 18.2 Å². The summed E-state index contributed by atoms with van der Waals surface area (Å²) >= 11 is 0. The van der Waals surface area contributed by atoms with Crippen LogP contribution in [0.1, 0.15) is 5.69 Å². The number of fused-ring (bicyclic) bond motifs is 1. The first kappa shape index (κ1) is 11.1. The molecule has 0 spiro atoms. The van der Waals surface area contributed by atoms with E-state index in [4.69, 9.17) is 5.11 Å². The van der Waals surface area contributed by atoms with E-state index < -0.39 is 5.97 Å². The number of aryl methyl sites for hydroxylation is 1. The van der Waals surface area contributed by atoms with Gasteiger partial charge in [-0.25, -0.2) is 9.48 Å². The van der Waals surface area contributed by atoms with Crippen molar-refractivity contribution in [3.8, 4) is 0 Å². The van der Waals surface area contributed by atoms with Gasteiger partial charge in [0.1, 0.15) is 0 Å². The van der Waals surface area contributed by atoms with Gasteiger partial charge in [0.2, 0.25) is 0 Å². The van der Waals surface area contributed by atoms with Crippen molar-refractivity contribution in [2.45, 2.75) is 0 Å². The third-order valence-corrected chi connectivity index (χ3v) is 2.37. The van der Waals surface area contributed by atoms with Crippen LogP contribution < -0.4 is 5.56 Å². The van der Waals surface area contributed by atoms with E-state index in [1.54, 1.807) is 24.3 Å². The van der Waals surface area contributed by atoms with Gasteiger partial charge in [0.15, 0.2) is 0 Å². The molecule has 0 fully saturated rings. The minimum absolute atomic E-state index is 0.201. The van der Waals surface area contributed by atoms with Gasteiger partial charge in [0.05, 0.1) is 11.1 Å². The summed E-state index contributed by atoms with van der Waals surface area (Å²) in [6, 6.07) is 6.97. The fourth-order valence-electron chi connectivity index (χ4n) is 1.60. The summed E-state index contributed by atoms with van der Waals surface area (Å²) in [7, 11) is 1.53. The number of carbonyl (C=O) groups is 1. The highest BCUT2D eigenvalue weighted by Crippen LogP contribution is 2.13. The maximum absolute atomic E-state index is 11.8. The van der Waals surface area contributed by atoms with Crippen molar-refractivity contribution in [1.29, 1.82) is 0 Å². The molecule has 0 aliphatic heterocycles. The Morgan fingerprint density at radius 3 is 2.65 bits per heavy atom. The van der Waals surface area contributed by atoms with Crippen LogP contribution in [0.4, 0.5) is 0 Å². The molecule has 1 N–H and O–H groups in total. The highest BCUT2D eigenvalue weighted by atomic mass is 16.4. The van der Waals surface area contributed by atoms with Gasteiger partial charge in [-0.2, -0.15) is 5.10 Å². The summed E-state index contributed by atoms with van der Waals surface area (Å²) in [5.74, 6) is -1.05. The van der Waals surface area contributed by atoms with E-state index in [1.807, 2.05) is 0 Å². The molecule has 1 heterocycles. The van der Waals surface area contributed by atoms with Crippen LogP contribution in [0.25, 0.3) is 16.8 Å². The van der Waals surface area contributed by atoms with E-state index in [2.05, 4.69) is 5.10 Å². The summed E-state index contributed by atoms with van der Waals surface area (Å²) < 4.78 is 1.20. The summed E-state index contributed by atoms with van der Waals surface area (Å²) in [6.07, 6.45) is 2.38. The maximum atomic E-state index is 11.8. The lowest BCUT2D eigenvalue weighted by molar-refractivity contribution is -0.131. The summed E-state index contributed by atoms with van der Waals surface area (Å²) in [5.41, 5.74) is 0.262. The number of hydrogen-bond donors (Lipinski definition) is 1. The third kappa shape index (κ3) is 2.08. The molecule has 86 valence electrons. The first-order valence-corrected chi connectivity index (χ1v) is 4.96. The van der Waals surface area contributed by atoms with E-state index in [-0.39, 0.29) is 5.56 Å². The van der Waals surface area contributed by atoms with E-state index in [0.717, 1.165) is 6.08 Å². The fourth-order valence-corrected chi connectivity index (χ4v) is 1.60. The van der Waals surface area contributed by atoms with Crippen LogP contribution in [0.15, 0.2) is 35.1 Å². The van der Waals surface area contributed by atoms with E-state index in [9.17, 15) is 9.59 Å². The number of nitrogens with zero attached hydrogens (tertiary/aromatic N) is 2. The van der Waals surface area contributed by atoms with Gasteiger partial charge in [-0.15, -0.1) is 0 Å². The zero-order valence-corrected chi connectivity index (χ0v) is 9.12. The molecule has 0 atom stereocenters. The van der Waals surface area contributed by atoms with Gasteiger partial charge >= 0.3 is 5.97 Å². The van der Waals surface area contributed by atoms with Crippen LogP contribution in [-0.4, -0.2) is 20.9 Å². The number of aromatic nitrogens is 2. The second-order valence-electron chi connectivity index (χ2n) is 3.53. The standard InChI is InChI=1S/C12H10N2O3/c1-14-12(17)9-5-3-2-4-8(9)10(13-14)6-7-11(15)16/h2-7H,1H3,(H,15,16)/b7-6+. The highest BCUT2D eigenvalue weighted by Gasteiger charge is 2.05. The summed E-state index contributed by atoms with van der Waals surface area (Å²) in [4.78, 5) is 22.3. The van der Waals surface area contributed by atoms with E-state index in [1.165, 1.54) is 17.8 Å². The molecule has 0 radical (unpaired) electrons. The normalized spacial score (nSPS) is 11.1. The molecule has 1 aromatic heterocycles. The van der Waals surface area contributed by atoms with Crippen LogP contribution in [0.5, 0.6) is 0 Å². The predicted octanol–water partition coefficient (Wildman–Crippen LogP) is 1.03. The Balaban J connectivity index is 2.76. The molecule has 17 heavy (non-hydrogen) atoms. The van der Waals surface area contributed by atoms with Gasteiger partial charge in [0, 0.05) is 18.5 Å². The largest absolute Gasteiger partial charge is 0.478 e. The Bertz CT molecular complexity index is 671. The molecule has 0 bridgehead atoms. The molecule has 2 rings (SSSR count). The lowest BCUT2D eigenvalue weighted by Crippen LogP contribution is -2.20. The molecule has 0 amide bonds. The minimum atomic E-state index is -1.05. The first-order valence-electron chi connectivity index (χ1n) is 4.96. The Hall–Kier alpha value is -2.43. The number of hydrogen-bond acceptors (Lipinski definition) is 3. The first-order chi connectivity index (χ1) is 8.09. The van der Waals surface area contributed by atoms with Crippen molar-refractivity contribution >= 4 is 22.8 Å². The van der Waals surface area contributed by atoms with Crippen molar-refractivity contribution in [2.24, 2.45) is 7.05 Å². The second-order valence-corrected chi connectivity index (χ2v) is 3.53. The number of aliphatic carboxylic acids is 1. The van der Waals surface area contributed by atoms with Crippen molar-refractivity contribution in [3.05, 3.63) is 46.4 Å². The van der Waals surface area contributed by atoms with Crippen molar-refractivity contribution in [3.63, 3.8) is 0 Å². The minimum Gasteiger partial charge on any atom is -0.478 e. The molecule has 5 nitrogen and oxygen atoms in total. The quantitative estimate of drug-likeness (QED) is 0.782. The molecular weight excluding hydrogens is 220 g/mol. The van der Waals surface area contributed by atoms with Gasteiger partial charge in [-0.05, 0) is 12.1 Å². The number of carboxylic acids is 1. The van der Waals surface area contributed by atoms with E-state index >= 15 is 0 Å². The fraction of sp³-hybridized carbons (Fsp3) is 0.0833. The van der Waals surface area contributed by atoms with Gasteiger partial charge in [0.25, 0.3) is 5.56 Å². The molecule has 5 heteroatoms. The SMILES string of the molecule is Cn1nc(/C=C/C(=O)O)c2ccccc2c1=O. The Kier molecular flexibility index (Phi) is 2.74. The van der Waals surface area contributed by atoms with Crippen LogP contribution in [0.2, 0.25) is 0 Å². The predicted molar refractivity (Wildman–Crippen MR) is 63.7 cm³/mol. The van der Waals surface area contributed by atoms with Gasteiger partial charge < -0.3 is 5.11 Å². The Morgan fingerprint density at radius 1 is 1.35 bits per heavy atom. The van der Waals surface area contributed by atoms with Crippen LogP contribution in [-0.2, 0) is 11.8 Å². The molecule has 0 unspecified atom stereocenters. The third-order valence-electron chi connectivity index (χ3n) is 2.37. The molecule has 0 aliphatic carbocycles. The smallest absolute Gasteiger partial charge is 0.328 e. The number of benzene rings is 1. The van der Waals surface area contributed by atoms with Crippen LogP contribution in [0, 0.1) is 0 Å². The molecule has 1 aromatic carbocycles. The average Bonchev–Trinajstić information content (AvgIpc) is 2.32. The zero-order chi connectivity index (χ0) is 12.4. The molecular formula is C12H10N2O3.